The van der Waals surface area contributed by atoms with Crippen LogP contribution >= 0.6 is 0 Å². The van der Waals surface area contributed by atoms with Crippen molar-refractivity contribution in [2.45, 2.75) is 13.5 Å². The summed E-state index contributed by atoms with van der Waals surface area (Å²) in [4.78, 5) is 11.3. The van der Waals surface area contributed by atoms with Crippen LogP contribution in [-0.2, 0) is 11.3 Å². The average Bonchev–Trinajstić information content (AvgIpc) is 2.64. The molecule has 1 heterocycles. The van der Waals surface area contributed by atoms with Gasteiger partial charge in [0.1, 0.15) is 18.0 Å². The molecule has 4 heteroatoms. The molecule has 0 saturated heterocycles. The summed E-state index contributed by atoms with van der Waals surface area (Å²) in [6.07, 6.45) is 0. The molecule has 0 radical (unpaired) electrons. The number of fused-ring (bicyclic) bond motifs is 1. The van der Waals surface area contributed by atoms with Gasteiger partial charge in [-0.15, -0.1) is 0 Å². The van der Waals surface area contributed by atoms with E-state index >= 15 is 0 Å². The maximum atomic E-state index is 11.3. The molecule has 0 aliphatic heterocycles. The minimum absolute atomic E-state index is 0.145. The Bertz CT molecular complexity index is 539. The first-order valence-corrected chi connectivity index (χ1v) is 4.88. The topological polar surface area (TPSA) is 59.7 Å². The van der Waals surface area contributed by atoms with E-state index in [0.717, 1.165) is 10.9 Å². The third-order valence-electron chi connectivity index (χ3n) is 2.60. The lowest BCUT2D eigenvalue weighted by Gasteiger charge is -1.98. The molecule has 0 aliphatic carbocycles. The van der Waals surface area contributed by atoms with E-state index in [9.17, 15) is 4.79 Å². The summed E-state index contributed by atoms with van der Waals surface area (Å²) in [5.74, 6) is 0.144. The van der Waals surface area contributed by atoms with E-state index < -0.39 is 0 Å². The molecule has 1 aromatic heterocycles. The molecule has 0 saturated carbocycles. The van der Waals surface area contributed by atoms with E-state index in [1.54, 1.807) is 18.2 Å². The van der Waals surface area contributed by atoms with Crippen molar-refractivity contribution in [1.29, 1.82) is 0 Å². The number of aliphatic hydroxyl groups excluding tert-OH is 1. The molecule has 0 spiro atoms. The van der Waals surface area contributed by atoms with E-state index in [2.05, 4.69) is 4.74 Å². The standard InChI is InChI=1S/C12H12O4/c1-7-9-5-8(12(14)15-2)3-4-10(9)16-11(7)6-13/h3-5,13H,6H2,1-2H3. The first-order chi connectivity index (χ1) is 7.67. The highest BCUT2D eigenvalue weighted by Gasteiger charge is 2.12. The van der Waals surface area contributed by atoms with Crippen LogP contribution in [-0.4, -0.2) is 18.2 Å². The molecular weight excluding hydrogens is 208 g/mol. The zero-order valence-electron chi connectivity index (χ0n) is 9.11. The second-order valence-electron chi connectivity index (χ2n) is 3.51. The summed E-state index contributed by atoms with van der Waals surface area (Å²) in [6.45, 7) is 1.70. The fraction of sp³-hybridized carbons (Fsp3) is 0.250. The van der Waals surface area contributed by atoms with Crippen molar-refractivity contribution in [1.82, 2.24) is 0 Å². The van der Waals surface area contributed by atoms with Crippen LogP contribution in [0.25, 0.3) is 11.0 Å². The number of carbonyl (C=O) groups excluding carboxylic acids is 1. The van der Waals surface area contributed by atoms with E-state index in [1.165, 1.54) is 7.11 Å². The summed E-state index contributed by atoms with van der Waals surface area (Å²) < 4.78 is 10.1. The molecule has 0 aliphatic rings. The van der Waals surface area contributed by atoms with E-state index in [-0.39, 0.29) is 12.6 Å². The quantitative estimate of drug-likeness (QED) is 0.786. The second-order valence-corrected chi connectivity index (χ2v) is 3.51. The first-order valence-electron chi connectivity index (χ1n) is 4.88. The molecule has 0 unspecified atom stereocenters. The lowest BCUT2D eigenvalue weighted by atomic mass is 10.1. The summed E-state index contributed by atoms with van der Waals surface area (Å²) in [5.41, 5.74) is 1.99. The van der Waals surface area contributed by atoms with Crippen molar-refractivity contribution in [2.24, 2.45) is 0 Å². The average molecular weight is 220 g/mol. The molecule has 0 amide bonds. The number of esters is 1. The van der Waals surface area contributed by atoms with Gasteiger partial charge in [-0.25, -0.2) is 4.79 Å². The number of benzene rings is 1. The zero-order valence-corrected chi connectivity index (χ0v) is 9.11. The van der Waals surface area contributed by atoms with Crippen LogP contribution in [0.15, 0.2) is 22.6 Å². The second kappa shape index (κ2) is 3.98. The minimum atomic E-state index is -0.381. The van der Waals surface area contributed by atoms with Gasteiger partial charge in [0.25, 0.3) is 0 Å². The molecule has 0 bridgehead atoms. The van der Waals surface area contributed by atoms with Gasteiger partial charge >= 0.3 is 5.97 Å². The van der Waals surface area contributed by atoms with Gasteiger partial charge in [-0.05, 0) is 25.1 Å². The highest BCUT2D eigenvalue weighted by Crippen LogP contribution is 2.26. The number of furan rings is 1. The highest BCUT2D eigenvalue weighted by molar-refractivity contribution is 5.95. The fourth-order valence-electron chi connectivity index (χ4n) is 1.67. The van der Waals surface area contributed by atoms with Crippen LogP contribution < -0.4 is 0 Å². The molecule has 2 rings (SSSR count). The molecule has 0 fully saturated rings. The van der Waals surface area contributed by atoms with Crippen LogP contribution in [0.1, 0.15) is 21.7 Å². The van der Waals surface area contributed by atoms with Crippen LogP contribution in [0.3, 0.4) is 0 Å². The van der Waals surface area contributed by atoms with Crippen molar-refractivity contribution < 1.29 is 19.1 Å². The lowest BCUT2D eigenvalue weighted by Crippen LogP contribution is -2.00. The Balaban J connectivity index is 2.61. The van der Waals surface area contributed by atoms with Crippen molar-refractivity contribution >= 4 is 16.9 Å². The molecule has 4 nitrogen and oxygen atoms in total. The Hall–Kier alpha value is -1.81. The summed E-state index contributed by atoms with van der Waals surface area (Å²) in [5, 5.41) is 9.88. The van der Waals surface area contributed by atoms with Gasteiger partial charge < -0.3 is 14.3 Å². The predicted molar refractivity (Wildman–Crippen MR) is 58.2 cm³/mol. The highest BCUT2D eigenvalue weighted by atomic mass is 16.5. The molecule has 1 aromatic carbocycles. The van der Waals surface area contributed by atoms with Crippen molar-refractivity contribution in [2.75, 3.05) is 7.11 Å². The number of aryl methyl sites for hydroxylation is 1. The number of hydrogen-bond acceptors (Lipinski definition) is 4. The van der Waals surface area contributed by atoms with Gasteiger partial charge in [0, 0.05) is 10.9 Å². The lowest BCUT2D eigenvalue weighted by molar-refractivity contribution is 0.0601. The minimum Gasteiger partial charge on any atom is -0.465 e. The van der Waals surface area contributed by atoms with Gasteiger partial charge in [-0.2, -0.15) is 0 Å². The van der Waals surface area contributed by atoms with E-state index in [1.807, 2.05) is 6.92 Å². The van der Waals surface area contributed by atoms with Crippen LogP contribution in [0.5, 0.6) is 0 Å². The SMILES string of the molecule is COC(=O)c1ccc2oc(CO)c(C)c2c1. The third-order valence-corrected chi connectivity index (χ3v) is 2.60. The Kier molecular flexibility index (Phi) is 2.66. The largest absolute Gasteiger partial charge is 0.465 e. The Labute approximate surface area is 92.4 Å². The summed E-state index contributed by atoms with van der Waals surface area (Å²) in [7, 11) is 1.34. The van der Waals surface area contributed by atoms with Crippen molar-refractivity contribution in [3.05, 3.63) is 35.1 Å². The van der Waals surface area contributed by atoms with Crippen LogP contribution in [0.2, 0.25) is 0 Å². The van der Waals surface area contributed by atoms with Gasteiger partial charge in [0.15, 0.2) is 0 Å². The third kappa shape index (κ3) is 1.57. The summed E-state index contributed by atoms with van der Waals surface area (Å²) in [6, 6.07) is 5.05. The predicted octanol–water partition coefficient (Wildman–Crippen LogP) is 2.02. The van der Waals surface area contributed by atoms with E-state index in [0.29, 0.717) is 16.9 Å². The number of carbonyl (C=O) groups is 1. The smallest absolute Gasteiger partial charge is 0.337 e. The number of rotatable bonds is 2. The molecule has 0 atom stereocenters. The first kappa shape index (κ1) is 10.7. The van der Waals surface area contributed by atoms with Crippen LogP contribution in [0, 0.1) is 6.92 Å². The van der Waals surface area contributed by atoms with E-state index in [4.69, 9.17) is 9.52 Å². The number of ether oxygens (including phenoxy) is 1. The van der Waals surface area contributed by atoms with Gasteiger partial charge in [-0.1, -0.05) is 0 Å². The number of methoxy groups -OCH3 is 1. The molecule has 16 heavy (non-hydrogen) atoms. The van der Waals surface area contributed by atoms with Gasteiger partial charge in [-0.3, -0.25) is 0 Å². The zero-order chi connectivity index (χ0) is 11.7. The maximum absolute atomic E-state index is 11.3. The molecule has 2 aromatic rings. The van der Waals surface area contributed by atoms with Gasteiger partial charge in [0.05, 0.1) is 12.7 Å². The van der Waals surface area contributed by atoms with Crippen molar-refractivity contribution in [3.8, 4) is 0 Å². The fourth-order valence-corrected chi connectivity index (χ4v) is 1.67. The monoisotopic (exact) mass is 220 g/mol. The van der Waals surface area contributed by atoms with Crippen LogP contribution in [0.4, 0.5) is 0 Å². The normalized spacial score (nSPS) is 10.7. The summed E-state index contributed by atoms with van der Waals surface area (Å²) >= 11 is 0. The van der Waals surface area contributed by atoms with Crippen molar-refractivity contribution in [3.63, 3.8) is 0 Å². The van der Waals surface area contributed by atoms with Gasteiger partial charge in [0.2, 0.25) is 0 Å². The Morgan fingerprint density at radius 1 is 1.50 bits per heavy atom. The number of hydrogen-bond donors (Lipinski definition) is 1. The Morgan fingerprint density at radius 2 is 2.25 bits per heavy atom. The number of aliphatic hydroxyl groups is 1. The maximum Gasteiger partial charge on any atom is 0.337 e. The Morgan fingerprint density at radius 3 is 2.88 bits per heavy atom. The molecule has 1 N–H and O–H groups in total. The molecular formula is C12H12O4. The molecule has 84 valence electrons.